The van der Waals surface area contributed by atoms with E-state index in [0.717, 1.165) is 5.82 Å². The Morgan fingerprint density at radius 1 is 1.50 bits per heavy atom. The van der Waals surface area contributed by atoms with Crippen molar-refractivity contribution in [2.24, 2.45) is 7.05 Å². The molecule has 1 aliphatic rings. The third-order valence-electron chi connectivity index (χ3n) is 2.91. The first-order valence-corrected chi connectivity index (χ1v) is 5.24. The van der Waals surface area contributed by atoms with Gasteiger partial charge < -0.3 is 4.57 Å². The van der Waals surface area contributed by atoms with Gasteiger partial charge in [-0.2, -0.15) is 5.26 Å². The molecule has 1 aromatic heterocycles. The van der Waals surface area contributed by atoms with Crippen LogP contribution in [0, 0.1) is 11.3 Å². The lowest BCUT2D eigenvalue weighted by Gasteiger charge is -2.08. The number of hydrogen-bond acceptors (Lipinski definition) is 2. The molecule has 0 radical (unpaired) electrons. The summed E-state index contributed by atoms with van der Waals surface area (Å²) in [6, 6.07) is 2.08. The van der Waals surface area contributed by atoms with Crippen LogP contribution in [0.4, 0.5) is 0 Å². The van der Waals surface area contributed by atoms with Crippen LogP contribution in [0.25, 0.3) is 0 Å². The van der Waals surface area contributed by atoms with Gasteiger partial charge in [0.1, 0.15) is 11.9 Å². The van der Waals surface area contributed by atoms with Crippen LogP contribution in [-0.2, 0) is 7.05 Å². The van der Waals surface area contributed by atoms with Crippen molar-refractivity contribution >= 4 is 11.6 Å². The first kappa shape index (κ1) is 9.54. The molecule has 14 heavy (non-hydrogen) atoms. The highest BCUT2D eigenvalue weighted by molar-refractivity contribution is 6.30. The highest BCUT2D eigenvalue weighted by Gasteiger charge is 2.23. The van der Waals surface area contributed by atoms with Crippen LogP contribution >= 0.6 is 11.6 Å². The molecule has 0 aliphatic heterocycles. The maximum atomic E-state index is 8.86. The van der Waals surface area contributed by atoms with Crippen LogP contribution in [0.5, 0.6) is 0 Å². The number of aromatic nitrogens is 2. The van der Waals surface area contributed by atoms with Crippen LogP contribution < -0.4 is 0 Å². The second-order valence-electron chi connectivity index (χ2n) is 3.76. The lowest BCUT2D eigenvalue weighted by Crippen LogP contribution is -2.03. The van der Waals surface area contributed by atoms with Gasteiger partial charge in [-0.1, -0.05) is 24.4 Å². The minimum Gasteiger partial charge on any atom is -0.321 e. The monoisotopic (exact) mass is 209 g/mol. The number of halogens is 1. The second-order valence-corrected chi connectivity index (χ2v) is 4.12. The van der Waals surface area contributed by atoms with Gasteiger partial charge in [0.15, 0.2) is 10.8 Å². The van der Waals surface area contributed by atoms with E-state index in [-0.39, 0.29) is 0 Å². The zero-order valence-corrected chi connectivity index (χ0v) is 8.88. The van der Waals surface area contributed by atoms with E-state index in [9.17, 15) is 0 Å². The van der Waals surface area contributed by atoms with E-state index < -0.39 is 0 Å². The van der Waals surface area contributed by atoms with Gasteiger partial charge in [-0.3, -0.25) is 0 Å². The number of nitriles is 1. The molecule has 0 amide bonds. The van der Waals surface area contributed by atoms with Crippen LogP contribution in [-0.4, -0.2) is 9.55 Å². The van der Waals surface area contributed by atoms with Crippen molar-refractivity contribution in [1.29, 1.82) is 5.26 Å². The Labute approximate surface area is 88.3 Å². The van der Waals surface area contributed by atoms with Crippen molar-refractivity contribution < 1.29 is 0 Å². The summed E-state index contributed by atoms with van der Waals surface area (Å²) in [5.74, 6) is 1.48. The van der Waals surface area contributed by atoms with Crippen molar-refractivity contribution in [3.63, 3.8) is 0 Å². The molecule has 0 aromatic carbocycles. The van der Waals surface area contributed by atoms with Crippen molar-refractivity contribution in [3.8, 4) is 6.07 Å². The summed E-state index contributed by atoms with van der Waals surface area (Å²) in [7, 11) is 1.87. The highest BCUT2D eigenvalue weighted by atomic mass is 35.5. The Hall–Kier alpha value is -1.01. The van der Waals surface area contributed by atoms with Crippen LogP contribution in [0.3, 0.4) is 0 Å². The molecule has 2 rings (SSSR count). The van der Waals surface area contributed by atoms with E-state index in [0.29, 0.717) is 16.8 Å². The summed E-state index contributed by atoms with van der Waals surface area (Å²) in [4.78, 5) is 4.27. The van der Waals surface area contributed by atoms with Crippen molar-refractivity contribution in [2.45, 2.75) is 31.6 Å². The Balaban J connectivity index is 2.39. The van der Waals surface area contributed by atoms with Gasteiger partial charge in [0.25, 0.3) is 0 Å². The summed E-state index contributed by atoms with van der Waals surface area (Å²) < 4.78 is 1.83. The molecule has 0 N–H and O–H groups in total. The summed E-state index contributed by atoms with van der Waals surface area (Å²) in [5.41, 5.74) is 0.480. The molecule has 1 heterocycles. The van der Waals surface area contributed by atoms with Crippen molar-refractivity contribution in [3.05, 3.63) is 16.7 Å². The molecule has 4 heteroatoms. The molecule has 0 atom stereocenters. The Morgan fingerprint density at radius 2 is 2.14 bits per heavy atom. The summed E-state index contributed by atoms with van der Waals surface area (Å²) in [6.45, 7) is 0. The third-order valence-corrected chi connectivity index (χ3v) is 3.18. The molecule has 3 nitrogen and oxygen atoms in total. The predicted octanol–water partition coefficient (Wildman–Crippen LogP) is 2.60. The molecule has 1 saturated carbocycles. The largest absolute Gasteiger partial charge is 0.321 e. The summed E-state index contributed by atoms with van der Waals surface area (Å²) in [6.07, 6.45) is 4.87. The van der Waals surface area contributed by atoms with Crippen LogP contribution in [0.2, 0.25) is 5.15 Å². The lowest BCUT2D eigenvalue weighted by molar-refractivity contribution is 0.630. The molecule has 1 fully saturated rings. The van der Waals surface area contributed by atoms with E-state index in [1.54, 1.807) is 0 Å². The Bertz CT molecular complexity index is 383. The smallest absolute Gasteiger partial charge is 0.165 e. The first-order chi connectivity index (χ1) is 6.74. The Morgan fingerprint density at radius 3 is 2.64 bits per heavy atom. The molecule has 1 aromatic rings. The lowest BCUT2D eigenvalue weighted by atomic mass is 10.1. The molecule has 74 valence electrons. The molecule has 0 unspecified atom stereocenters. The minimum absolute atomic E-state index is 0.344. The number of rotatable bonds is 1. The molecule has 0 saturated heterocycles. The average Bonchev–Trinajstić information content (AvgIpc) is 2.74. The SMILES string of the molecule is Cn1c(C2CCCC2)nc(Cl)c1C#N. The maximum Gasteiger partial charge on any atom is 0.165 e. The normalized spacial score (nSPS) is 17.2. The zero-order chi connectivity index (χ0) is 10.1. The summed E-state index contributed by atoms with van der Waals surface area (Å²) >= 11 is 5.87. The van der Waals surface area contributed by atoms with Gasteiger partial charge in [-0.15, -0.1) is 0 Å². The van der Waals surface area contributed by atoms with E-state index in [4.69, 9.17) is 16.9 Å². The minimum atomic E-state index is 0.344. The van der Waals surface area contributed by atoms with Gasteiger partial charge in [-0.25, -0.2) is 4.98 Å². The Kier molecular flexibility index (Phi) is 2.47. The predicted molar refractivity (Wildman–Crippen MR) is 54.1 cm³/mol. The second kappa shape index (κ2) is 3.62. The van der Waals surface area contributed by atoms with E-state index in [1.165, 1.54) is 25.7 Å². The van der Waals surface area contributed by atoms with Crippen LogP contribution in [0.15, 0.2) is 0 Å². The maximum absolute atomic E-state index is 8.86. The third kappa shape index (κ3) is 1.40. The first-order valence-electron chi connectivity index (χ1n) is 4.86. The standard InChI is InChI=1S/C10H12ClN3/c1-14-8(6-12)9(11)13-10(14)7-4-2-3-5-7/h7H,2-5H2,1H3. The van der Waals surface area contributed by atoms with Crippen molar-refractivity contribution in [2.75, 3.05) is 0 Å². The van der Waals surface area contributed by atoms with Gasteiger partial charge in [0, 0.05) is 13.0 Å². The van der Waals surface area contributed by atoms with E-state index in [2.05, 4.69) is 11.1 Å². The fourth-order valence-electron chi connectivity index (χ4n) is 2.15. The molecular weight excluding hydrogens is 198 g/mol. The topological polar surface area (TPSA) is 41.6 Å². The van der Waals surface area contributed by atoms with Gasteiger partial charge in [0.05, 0.1) is 0 Å². The van der Waals surface area contributed by atoms with Crippen molar-refractivity contribution in [1.82, 2.24) is 9.55 Å². The highest BCUT2D eigenvalue weighted by Crippen LogP contribution is 2.34. The molecule has 0 bridgehead atoms. The number of nitrogens with zero attached hydrogens (tertiary/aromatic N) is 3. The number of imidazole rings is 1. The number of hydrogen-bond donors (Lipinski definition) is 0. The zero-order valence-electron chi connectivity index (χ0n) is 8.13. The van der Waals surface area contributed by atoms with Gasteiger partial charge in [0.2, 0.25) is 0 Å². The molecule has 1 aliphatic carbocycles. The fraction of sp³-hybridized carbons (Fsp3) is 0.600. The fourth-order valence-corrected chi connectivity index (χ4v) is 2.41. The molecular formula is C10H12ClN3. The van der Waals surface area contributed by atoms with E-state index in [1.807, 2.05) is 11.6 Å². The van der Waals surface area contributed by atoms with Crippen LogP contribution in [0.1, 0.15) is 43.1 Å². The van der Waals surface area contributed by atoms with Gasteiger partial charge in [-0.05, 0) is 12.8 Å². The average molecular weight is 210 g/mol. The van der Waals surface area contributed by atoms with E-state index >= 15 is 0 Å². The summed E-state index contributed by atoms with van der Waals surface area (Å²) in [5, 5.41) is 9.20. The molecule has 0 spiro atoms. The van der Waals surface area contributed by atoms with Gasteiger partial charge >= 0.3 is 0 Å². The quantitative estimate of drug-likeness (QED) is 0.714.